The summed E-state index contributed by atoms with van der Waals surface area (Å²) in [5, 5.41) is 6.50. The van der Waals surface area contributed by atoms with Crippen LogP contribution in [0.2, 0.25) is 0 Å². The van der Waals surface area contributed by atoms with Gasteiger partial charge in [0.2, 0.25) is 5.91 Å². The van der Waals surface area contributed by atoms with E-state index in [0.717, 1.165) is 3.57 Å². The Morgan fingerprint density at radius 1 is 1.50 bits per heavy atom. The van der Waals surface area contributed by atoms with E-state index >= 15 is 0 Å². The van der Waals surface area contributed by atoms with Crippen molar-refractivity contribution in [1.29, 1.82) is 0 Å². The summed E-state index contributed by atoms with van der Waals surface area (Å²) in [6.45, 7) is 0.133. The zero-order valence-corrected chi connectivity index (χ0v) is 10.3. The summed E-state index contributed by atoms with van der Waals surface area (Å²) >= 11 is 2.15. The van der Waals surface area contributed by atoms with E-state index in [-0.39, 0.29) is 12.5 Å². The number of halogens is 1. The number of aromatic nitrogens is 4. The van der Waals surface area contributed by atoms with Gasteiger partial charge in [-0.05, 0) is 34.7 Å². The molecule has 0 atom stereocenters. The Morgan fingerprint density at radius 2 is 2.38 bits per heavy atom. The number of hydrogen-bond donors (Lipinski definition) is 1. The first-order valence-corrected chi connectivity index (χ1v) is 5.56. The summed E-state index contributed by atoms with van der Waals surface area (Å²) in [5.41, 5.74) is 0. The van der Waals surface area contributed by atoms with Crippen LogP contribution in [0.15, 0.2) is 31.0 Å². The van der Waals surface area contributed by atoms with Crippen LogP contribution >= 0.6 is 22.6 Å². The topological polar surface area (TPSA) is 72.7 Å². The number of carbonyl (C=O) groups is 1. The van der Waals surface area contributed by atoms with Crippen LogP contribution in [0.4, 0.5) is 5.82 Å². The van der Waals surface area contributed by atoms with Gasteiger partial charge in [-0.25, -0.2) is 14.6 Å². The molecule has 2 heterocycles. The van der Waals surface area contributed by atoms with Crippen molar-refractivity contribution in [2.75, 3.05) is 5.32 Å². The maximum atomic E-state index is 11.5. The molecule has 2 aromatic heterocycles. The zero-order chi connectivity index (χ0) is 11.4. The highest BCUT2D eigenvalue weighted by atomic mass is 127. The van der Waals surface area contributed by atoms with Gasteiger partial charge in [-0.3, -0.25) is 4.79 Å². The minimum Gasteiger partial charge on any atom is -0.309 e. The highest BCUT2D eigenvalue weighted by Crippen LogP contribution is 2.06. The standard InChI is InChI=1S/C9H8IN5O/c10-7-1-2-8(12-3-7)14-9(16)4-15-6-11-5-13-15/h1-3,5-6H,4H2,(H,12,14,16). The van der Waals surface area contributed by atoms with Crippen molar-refractivity contribution >= 4 is 34.3 Å². The molecule has 0 spiro atoms. The summed E-state index contributed by atoms with van der Waals surface area (Å²) in [5.74, 6) is 0.352. The Labute approximate surface area is 105 Å². The SMILES string of the molecule is O=C(Cn1cncn1)Nc1ccc(I)cn1. The molecular weight excluding hydrogens is 321 g/mol. The van der Waals surface area contributed by atoms with Gasteiger partial charge < -0.3 is 5.32 Å². The lowest BCUT2D eigenvalue weighted by Crippen LogP contribution is -2.19. The van der Waals surface area contributed by atoms with E-state index in [1.165, 1.54) is 17.3 Å². The summed E-state index contributed by atoms with van der Waals surface area (Å²) < 4.78 is 2.47. The Bertz CT molecular complexity index is 467. The molecule has 2 aromatic rings. The van der Waals surface area contributed by atoms with Crippen LogP contribution in [0.5, 0.6) is 0 Å². The summed E-state index contributed by atoms with van der Waals surface area (Å²) in [6, 6.07) is 3.62. The number of rotatable bonds is 3. The summed E-state index contributed by atoms with van der Waals surface area (Å²) in [4.78, 5) is 19.3. The molecular formula is C9H8IN5O. The fraction of sp³-hybridized carbons (Fsp3) is 0.111. The highest BCUT2D eigenvalue weighted by molar-refractivity contribution is 14.1. The van der Waals surface area contributed by atoms with Crippen LogP contribution in [0, 0.1) is 3.57 Å². The van der Waals surface area contributed by atoms with Gasteiger partial charge >= 0.3 is 0 Å². The predicted octanol–water partition coefficient (Wildman–Crippen LogP) is 0.916. The van der Waals surface area contributed by atoms with Crippen LogP contribution in [-0.4, -0.2) is 25.7 Å². The first-order valence-electron chi connectivity index (χ1n) is 4.48. The Balaban J connectivity index is 1.95. The van der Waals surface area contributed by atoms with Crippen molar-refractivity contribution < 1.29 is 4.79 Å². The molecule has 0 radical (unpaired) electrons. The normalized spacial score (nSPS) is 10.1. The van der Waals surface area contributed by atoms with E-state index in [2.05, 4.69) is 43.0 Å². The number of carbonyl (C=O) groups excluding carboxylic acids is 1. The molecule has 0 aliphatic rings. The van der Waals surface area contributed by atoms with E-state index in [0.29, 0.717) is 5.82 Å². The van der Waals surface area contributed by atoms with Gasteiger partial charge in [0.05, 0.1) is 0 Å². The van der Waals surface area contributed by atoms with Gasteiger partial charge in [-0.1, -0.05) is 0 Å². The molecule has 0 fully saturated rings. The molecule has 0 saturated carbocycles. The largest absolute Gasteiger partial charge is 0.309 e. The molecule has 2 rings (SSSR count). The van der Waals surface area contributed by atoms with Crippen molar-refractivity contribution in [2.24, 2.45) is 0 Å². The van der Waals surface area contributed by atoms with Gasteiger partial charge in [0, 0.05) is 9.77 Å². The van der Waals surface area contributed by atoms with Crippen LogP contribution in [0.3, 0.4) is 0 Å². The second kappa shape index (κ2) is 5.01. The lowest BCUT2D eigenvalue weighted by molar-refractivity contribution is -0.116. The maximum Gasteiger partial charge on any atom is 0.247 e. The Kier molecular flexibility index (Phi) is 3.44. The Hall–Kier alpha value is -1.51. The van der Waals surface area contributed by atoms with Crippen LogP contribution in [-0.2, 0) is 11.3 Å². The Morgan fingerprint density at radius 3 is 3.00 bits per heavy atom. The van der Waals surface area contributed by atoms with Gasteiger partial charge in [0.15, 0.2) is 0 Å². The second-order valence-electron chi connectivity index (χ2n) is 3.00. The number of hydrogen-bond acceptors (Lipinski definition) is 4. The van der Waals surface area contributed by atoms with Gasteiger partial charge in [0.25, 0.3) is 0 Å². The van der Waals surface area contributed by atoms with Crippen molar-refractivity contribution in [3.05, 3.63) is 34.6 Å². The fourth-order valence-electron chi connectivity index (χ4n) is 1.09. The third-order valence-corrected chi connectivity index (χ3v) is 2.41. The van der Waals surface area contributed by atoms with Gasteiger partial charge in [-0.2, -0.15) is 5.10 Å². The lowest BCUT2D eigenvalue weighted by atomic mass is 10.4. The molecule has 82 valence electrons. The van der Waals surface area contributed by atoms with Crippen LogP contribution in [0.25, 0.3) is 0 Å². The molecule has 16 heavy (non-hydrogen) atoms. The third kappa shape index (κ3) is 2.99. The maximum absolute atomic E-state index is 11.5. The van der Waals surface area contributed by atoms with Crippen molar-refractivity contribution in [3.8, 4) is 0 Å². The fourth-order valence-corrected chi connectivity index (χ4v) is 1.41. The van der Waals surface area contributed by atoms with Crippen LogP contribution < -0.4 is 5.32 Å². The summed E-state index contributed by atoms with van der Waals surface area (Å²) in [6.07, 6.45) is 4.56. The molecule has 7 heteroatoms. The molecule has 0 bridgehead atoms. The molecule has 0 aliphatic carbocycles. The number of nitrogens with one attached hydrogen (secondary N) is 1. The minimum absolute atomic E-state index is 0.133. The predicted molar refractivity (Wildman–Crippen MR) is 65.6 cm³/mol. The number of pyridine rings is 1. The van der Waals surface area contributed by atoms with Crippen molar-refractivity contribution in [2.45, 2.75) is 6.54 Å². The van der Waals surface area contributed by atoms with Gasteiger partial charge in [-0.15, -0.1) is 0 Å². The molecule has 0 unspecified atom stereocenters. The van der Waals surface area contributed by atoms with E-state index in [1.807, 2.05) is 6.07 Å². The summed E-state index contributed by atoms with van der Waals surface area (Å²) in [7, 11) is 0. The minimum atomic E-state index is -0.181. The van der Waals surface area contributed by atoms with E-state index < -0.39 is 0 Å². The van der Waals surface area contributed by atoms with Gasteiger partial charge in [0.1, 0.15) is 25.0 Å². The zero-order valence-electron chi connectivity index (χ0n) is 8.17. The van der Waals surface area contributed by atoms with Crippen molar-refractivity contribution in [1.82, 2.24) is 19.7 Å². The number of amides is 1. The molecule has 0 saturated heterocycles. The number of anilines is 1. The average molecular weight is 329 g/mol. The molecule has 1 amide bonds. The van der Waals surface area contributed by atoms with E-state index in [1.54, 1.807) is 12.3 Å². The second-order valence-corrected chi connectivity index (χ2v) is 4.25. The molecule has 0 aliphatic heterocycles. The smallest absolute Gasteiger partial charge is 0.247 e. The first kappa shape index (κ1) is 11.0. The van der Waals surface area contributed by atoms with E-state index in [9.17, 15) is 4.79 Å². The quantitative estimate of drug-likeness (QED) is 0.850. The van der Waals surface area contributed by atoms with Crippen LogP contribution in [0.1, 0.15) is 0 Å². The third-order valence-electron chi connectivity index (χ3n) is 1.77. The monoisotopic (exact) mass is 329 g/mol. The average Bonchev–Trinajstić information content (AvgIpc) is 2.74. The number of nitrogens with zero attached hydrogens (tertiary/aromatic N) is 4. The first-order chi connectivity index (χ1) is 7.74. The lowest BCUT2D eigenvalue weighted by Gasteiger charge is -2.03. The molecule has 1 N–H and O–H groups in total. The van der Waals surface area contributed by atoms with Crippen molar-refractivity contribution in [3.63, 3.8) is 0 Å². The molecule has 6 nitrogen and oxygen atoms in total. The highest BCUT2D eigenvalue weighted by Gasteiger charge is 2.04. The molecule has 0 aromatic carbocycles. The van der Waals surface area contributed by atoms with E-state index in [4.69, 9.17) is 0 Å².